The average molecular weight is 361 g/mol. The van der Waals surface area contributed by atoms with Crippen LogP contribution >= 0.6 is 11.3 Å². The summed E-state index contributed by atoms with van der Waals surface area (Å²) in [6.07, 6.45) is -2.22. The molecule has 0 N–H and O–H groups in total. The zero-order valence-electron chi connectivity index (χ0n) is 14.3. The summed E-state index contributed by atoms with van der Waals surface area (Å²) in [5, 5.41) is 5.38. The fraction of sp³-hybridized carbons (Fsp3) is 0.733. The molecule has 0 aromatic carbocycles. The molecular weight excluding hydrogens is 339 g/mol. The molecule has 1 saturated heterocycles. The van der Waals surface area contributed by atoms with Crippen molar-refractivity contribution in [3.63, 3.8) is 0 Å². The lowest BCUT2D eigenvalue weighted by Crippen LogP contribution is -2.54. The maximum absolute atomic E-state index is 12.6. The maximum Gasteiger partial charge on any atom is 0.401 e. The molecule has 3 rings (SSSR count). The number of anilines is 1. The summed E-state index contributed by atoms with van der Waals surface area (Å²) < 4.78 is 39.5. The number of hydrogen-bond acceptors (Lipinski definition) is 5. The van der Waals surface area contributed by atoms with Crippen LogP contribution in [0.2, 0.25) is 0 Å². The highest BCUT2D eigenvalue weighted by Gasteiger charge is 2.35. The average Bonchev–Trinajstić information content (AvgIpc) is 2.97. The topological polar surface area (TPSA) is 36.7 Å². The second-order valence-corrected chi connectivity index (χ2v) is 8.30. The largest absolute Gasteiger partial charge is 0.401 e. The third-order valence-corrected chi connectivity index (χ3v) is 5.20. The van der Waals surface area contributed by atoms with E-state index in [1.807, 2.05) is 18.0 Å². The standard InChI is InChI=1S/C15H22F3N5S/c1-10-7-21(5-6-22(10)9-15(16,17)18)13-20-23-8-11(14(2,3)4)19-12(23)24-13/h8,10H,5-7,9H2,1-4H3. The molecule has 2 aromatic heterocycles. The predicted octanol–water partition coefficient (Wildman–Crippen LogP) is 3.16. The smallest absolute Gasteiger partial charge is 0.344 e. The van der Waals surface area contributed by atoms with Gasteiger partial charge in [0, 0.05) is 31.1 Å². The van der Waals surface area contributed by atoms with Gasteiger partial charge in [0.2, 0.25) is 10.1 Å². The SMILES string of the molecule is CC1CN(c2nn3cc(C(C)(C)C)nc3s2)CCN1CC(F)(F)F. The van der Waals surface area contributed by atoms with E-state index in [2.05, 4.69) is 30.9 Å². The number of halogens is 3. The Hall–Kier alpha value is -1.35. The molecule has 0 saturated carbocycles. The Morgan fingerprint density at radius 2 is 1.96 bits per heavy atom. The van der Waals surface area contributed by atoms with E-state index < -0.39 is 12.7 Å². The molecule has 2 aromatic rings. The van der Waals surface area contributed by atoms with E-state index in [1.165, 1.54) is 16.2 Å². The fourth-order valence-electron chi connectivity index (χ4n) is 2.81. The van der Waals surface area contributed by atoms with Gasteiger partial charge in [0.05, 0.1) is 18.4 Å². The quantitative estimate of drug-likeness (QED) is 0.823. The summed E-state index contributed by atoms with van der Waals surface area (Å²) in [5.74, 6) is 0. The number of fused-ring (bicyclic) bond motifs is 1. The Kier molecular flexibility index (Phi) is 4.28. The van der Waals surface area contributed by atoms with Crippen molar-refractivity contribution in [2.24, 2.45) is 0 Å². The number of hydrogen-bond donors (Lipinski definition) is 0. The minimum Gasteiger partial charge on any atom is -0.344 e. The van der Waals surface area contributed by atoms with Crippen LogP contribution in [0.1, 0.15) is 33.4 Å². The first-order chi connectivity index (χ1) is 11.0. The van der Waals surface area contributed by atoms with Crippen LogP contribution in [0.4, 0.5) is 18.3 Å². The number of aromatic nitrogens is 3. The van der Waals surface area contributed by atoms with E-state index in [1.54, 1.807) is 4.52 Å². The first kappa shape index (κ1) is 17.5. The number of imidazole rings is 1. The molecule has 9 heteroatoms. The van der Waals surface area contributed by atoms with Crippen LogP contribution in [-0.4, -0.2) is 57.9 Å². The van der Waals surface area contributed by atoms with Crippen molar-refractivity contribution in [3.05, 3.63) is 11.9 Å². The molecule has 0 radical (unpaired) electrons. The molecule has 3 heterocycles. The lowest BCUT2D eigenvalue weighted by atomic mass is 9.93. The Bertz CT molecular complexity index is 683. The normalized spacial score (nSPS) is 21.0. The number of nitrogens with zero attached hydrogens (tertiary/aromatic N) is 5. The molecule has 1 aliphatic rings. The van der Waals surface area contributed by atoms with Gasteiger partial charge in [0.15, 0.2) is 0 Å². The van der Waals surface area contributed by atoms with Crippen LogP contribution in [0.25, 0.3) is 4.96 Å². The van der Waals surface area contributed by atoms with E-state index >= 15 is 0 Å². The third kappa shape index (κ3) is 3.66. The molecule has 0 amide bonds. The van der Waals surface area contributed by atoms with Crippen molar-refractivity contribution >= 4 is 21.4 Å². The van der Waals surface area contributed by atoms with Gasteiger partial charge in [-0.1, -0.05) is 32.1 Å². The van der Waals surface area contributed by atoms with E-state index in [9.17, 15) is 13.2 Å². The van der Waals surface area contributed by atoms with Crippen molar-refractivity contribution in [1.29, 1.82) is 0 Å². The van der Waals surface area contributed by atoms with Crippen LogP contribution in [0.3, 0.4) is 0 Å². The van der Waals surface area contributed by atoms with Gasteiger partial charge in [-0.2, -0.15) is 13.2 Å². The Morgan fingerprint density at radius 3 is 2.50 bits per heavy atom. The van der Waals surface area contributed by atoms with E-state index in [0.717, 1.165) is 15.8 Å². The van der Waals surface area contributed by atoms with E-state index in [-0.39, 0.29) is 11.5 Å². The zero-order valence-corrected chi connectivity index (χ0v) is 15.1. The lowest BCUT2D eigenvalue weighted by Gasteiger charge is -2.39. The van der Waals surface area contributed by atoms with E-state index in [0.29, 0.717) is 19.6 Å². The Morgan fingerprint density at radius 1 is 1.25 bits per heavy atom. The van der Waals surface area contributed by atoms with Gasteiger partial charge in [-0.05, 0) is 6.92 Å². The molecule has 0 bridgehead atoms. The summed E-state index contributed by atoms with van der Waals surface area (Å²) in [7, 11) is 0. The van der Waals surface area contributed by atoms with Gasteiger partial charge in [0.25, 0.3) is 0 Å². The first-order valence-electron chi connectivity index (χ1n) is 7.95. The molecule has 5 nitrogen and oxygen atoms in total. The summed E-state index contributed by atoms with van der Waals surface area (Å²) in [6, 6.07) is -0.165. The van der Waals surface area contributed by atoms with Crippen molar-refractivity contribution < 1.29 is 13.2 Å². The number of rotatable bonds is 2. The van der Waals surface area contributed by atoms with Crippen LogP contribution in [0.15, 0.2) is 6.20 Å². The number of piperazine rings is 1. The van der Waals surface area contributed by atoms with Crippen LogP contribution in [0.5, 0.6) is 0 Å². The summed E-state index contributed by atoms with van der Waals surface area (Å²) in [4.78, 5) is 8.96. The lowest BCUT2D eigenvalue weighted by molar-refractivity contribution is -0.150. The van der Waals surface area contributed by atoms with Crippen molar-refractivity contribution in [3.8, 4) is 0 Å². The monoisotopic (exact) mass is 361 g/mol. The van der Waals surface area contributed by atoms with Gasteiger partial charge in [-0.25, -0.2) is 9.50 Å². The summed E-state index contributed by atoms with van der Waals surface area (Å²) in [5.41, 5.74) is 0.946. The molecular formula is C15H22F3N5S. The second kappa shape index (κ2) is 5.87. The molecule has 0 spiro atoms. The van der Waals surface area contributed by atoms with Gasteiger partial charge in [0.1, 0.15) is 0 Å². The van der Waals surface area contributed by atoms with Crippen molar-refractivity contribution in [2.75, 3.05) is 31.1 Å². The highest BCUT2D eigenvalue weighted by molar-refractivity contribution is 7.20. The van der Waals surface area contributed by atoms with Crippen molar-refractivity contribution in [2.45, 2.75) is 45.3 Å². The summed E-state index contributed by atoms with van der Waals surface area (Å²) in [6.45, 7) is 8.75. The molecule has 1 atom stereocenters. The Balaban J connectivity index is 1.72. The summed E-state index contributed by atoms with van der Waals surface area (Å²) >= 11 is 1.48. The van der Waals surface area contributed by atoms with Gasteiger partial charge in [-0.15, -0.1) is 5.10 Å². The Labute approximate surface area is 143 Å². The minimum absolute atomic E-state index is 0.0364. The third-order valence-electron chi connectivity index (χ3n) is 4.22. The first-order valence-corrected chi connectivity index (χ1v) is 8.77. The van der Waals surface area contributed by atoms with Crippen LogP contribution in [-0.2, 0) is 5.41 Å². The minimum atomic E-state index is -4.15. The fourth-order valence-corrected chi connectivity index (χ4v) is 3.73. The zero-order chi connectivity index (χ0) is 17.7. The molecule has 1 aliphatic heterocycles. The van der Waals surface area contributed by atoms with Gasteiger partial charge >= 0.3 is 6.18 Å². The predicted molar refractivity (Wildman–Crippen MR) is 88.9 cm³/mol. The molecule has 24 heavy (non-hydrogen) atoms. The highest BCUT2D eigenvalue weighted by atomic mass is 32.1. The van der Waals surface area contributed by atoms with Gasteiger partial charge in [-0.3, -0.25) is 4.90 Å². The molecule has 134 valence electrons. The molecule has 1 unspecified atom stereocenters. The van der Waals surface area contributed by atoms with Gasteiger partial charge < -0.3 is 4.90 Å². The van der Waals surface area contributed by atoms with Crippen molar-refractivity contribution in [1.82, 2.24) is 19.5 Å². The highest BCUT2D eigenvalue weighted by Crippen LogP contribution is 2.29. The molecule has 0 aliphatic carbocycles. The van der Waals surface area contributed by atoms with E-state index in [4.69, 9.17) is 0 Å². The second-order valence-electron chi connectivity index (χ2n) is 7.37. The van der Waals surface area contributed by atoms with Crippen LogP contribution < -0.4 is 4.90 Å². The maximum atomic E-state index is 12.6. The van der Waals surface area contributed by atoms with Crippen LogP contribution in [0, 0.1) is 0 Å². The number of alkyl halides is 3. The molecule has 1 fully saturated rings.